The lowest BCUT2D eigenvalue weighted by Gasteiger charge is -2.24. The van der Waals surface area contributed by atoms with Crippen LogP contribution in [0.4, 0.5) is 13.6 Å². The van der Waals surface area contributed by atoms with Gasteiger partial charge >= 0.3 is 6.09 Å². The summed E-state index contributed by atoms with van der Waals surface area (Å²) in [4.78, 5) is 11.3. The molecule has 4 nitrogen and oxygen atoms in total. The molecule has 0 atom stereocenters. The van der Waals surface area contributed by atoms with E-state index in [4.69, 9.17) is 4.74 Å². The Kier molecular flexibility index (Phi) is 6.19. The number of amides is 1. The molecule has 0 heterocycles. The van der Waals surface area contributed by atoms with Gasteiger partial charge in [-0.05, 0) is 26.2 Å². The first-order valence-corrected chi connectivity index (χ1v) is 6.36. The molecule has 0 rings (SSSR count). The third kappa shape index (κ3) is 11.9. The van der Waals surface area contributed by atoms with Crippen molar-refractivity contribution in [2.45, 2.75) is 53.1 Å². The van der Waals surface area contributed by atoms with E-state index >= 15 is 0 Å². The summed E-state index contributed by atoms with van der Waals surface area (Å²) in [5.74, 6) is -3.00. The van der Waals surface area contributed by atoms with Gasteiger partial charge in [-0.25, -0.2) is 13.6 Å². The molecule has 0 aromatic carbocycles. The fraction of sp³-hybridized carbons (Fsp3) is 0.923. The van der Waals surface area contributed by atoms with Gasteiger partial charge in [-0.1, -0.05) is 20.8 Å². The lowest BCUT2D eigenvalue weighted by atomic mass is 9.97. The highest BCUT2D eigenvalue weighted by Crippen LogP contribution is 2.14. The van der Waals surface area contributed by atoms with Gasteiger partial charge in [0.15, 0.2) is 0 Å². The van der Waals surface area contributed by atoms with Crippen molar-refractivity contribution in [2.24, 2.45) is 5.41 Å². The van der Waals surface area contributed by atoms with Gasteiger partial charge in [0.05, 0.1) is 13.1 Å². The molecular weight excluding hydrogens is 254 g/mol. The van der Waals surface area contributed by atoms with Crippen LogP contribution in [0.15, 0.2) is 0 Å². The SMILES string of the molecule is CC(C)(C)CNCC(F)(F)CNC(=O)OC(C)(C)C. The zero-order chi connectivity index (χ0) is 15.3. The Morgan fingerprint density at radius 2 is 1.53 bits per heavy atom. The first-order chi connectivity index (χ1) is 8.31. The van der Waals surface area contributed by atoms with Crippen LogP contribution >= 0.6 is 0 Å². The minimum absolute atomic E-state index is 0.0608. The Balaban J connectivity index is 4.00. The van der Waals surface area contributed by atoms with Crippen molar-refractivity contribution in [2.75, 3.05) is 19.6 Å². The highest BCUT2D eigenvalue weighted by Gasteiger charge is 2.30. The Bertz CT molecular complexity index is 294. The van der Waals surface area contributed by atoms with E-state index in [9.17, 15) is 13.6 Å². The van der Waals surface area contributed by atoms with Crippen LogP contribution in [-0.2, 0) is 4.74 Å². The molecule has 0 unspecified atom stereocenters. The van der Waals surface area contributed by atoms with E-state index in [1.54, 1.807) is 20.8 Å². The molecule has 0 aromatic heterocycles. The van der Waals surface area contributed by atoms with Crippen LogP contribution in [0.2, 0.25) is 0 Å². The first kappa shape index (κ1) is 18.1. The zero-order valence-corrected chi connectivity index (χ0v) is 12.7. The number of alkyl halides is 2. The Morgan fingerprint density at radius 3 is 1.95 bits per heavy atom. The number of hydrogen-bond donors (Lipinski definition) is 2. The van der Waals surface area contributed by atoms with Gasteiger partial charge in [-0.15, -0.1) is 0 Å². The minimum atomic E-state index is -3.00. The lowest BCUT2D eigenvalue weighted by Crippen LogP contribution is -2.46. The predicted octanol–water partition coefficient (Wildman–Crippen LogP) is 2.78. The normalized spacial score (nSPS) is 13.3. The molecule has 0 spiro atoms. The van der Waals surface area contributed by atoms with Crippen LogP contribution in [0, 0.1) is 5.41 Å². The molecule has 0 bridgehead atoms. The predicted molar refractivity (Wildman–Crippen MR) is 71.5 cm³/mol. The largest absolute Gasteiger partial charge is 0.444 e. The monoisotopic (exact) mass is 280 g/mol. The molecule has 19 heavy (non-hydrogen) atoms. The maximum atomic E-state index is 13.5. The Morgan fingerprint density at radius 1 is 1.00 bits per heavy atom. The molecule has 6 heteroatoms. The number of carbonyl (C=O) groups excluding carboxylic acids is 1. The fourth-order valence-electron chi connectivity index (χ4n) is 1.20. The van der Waals surface area contributed by atoms with E-state index in [-0.39, 0.29) is 5.41 Å². The van der Waals surface area contributed by atoms with Gasteiger partial charge in [-0.2, -0.15) is 0 Å². The molecule has 0 saturated heterocycles. The number of hydrogen-bond acceptors (Lipinski definition) is 3. The van der Waals surface area contributed by atoms with Gasteiger partial charge in [-0.3, -0.25) is 0 Å². The Labute approximate surface area is 114 Å². The summed E-state index contributed by atoms with van der Waals surface area (Å²) in [5, 5.41) is 4.77. The number of nitrogens with one attached hydrogen (secondary N) is 2. The van der Waals surface area contributed by atoms with Crippen LogP contribution in [0.5, 0.6) is 0 Å². The van der Waals surface area contributed by atoms with E-state index < -0.39 is 30.7 Å². The molecule has 0 radical (unpaired) electrons. The van der Waals surface area contributed by atoms with E-state index in [0.29, 0.717) is 6.54 Å². The van der Waals surface area contributed by atoms with Crippen molar-refractivity contribution in [3.05, 3.63) is 0 Å². The molecule has 2 N–H and O–H groups in total. The molecule has 0 saturated carbocycles. The molecule has 0 aliphatic rings. The average Bonchev–Trinajstić information content (AvgIpc) is 2.09. The zero-order valence-electron chi connectivity index (χ0n) is 12.7. The number of alkyl carbamates (subject to hydrolysis) is 1. The first-order valence-electron chi connectivity index (χ1n) is 6.36. The number of halogens is 2. The second-order valence-electron chi connectivity index (χ2n) is 6.88. The third-order valence-corrected chi connectivity index (χ3v) is 1.93. The second-order valence-corrected chi connectivity index (χ2v) is 6.88. The summed E-state index contributed by atoms with van der Waals surface area (Å²) in [6.45, 7) is 10.2. The van der Waals surface area contributed by atoms with E-state index in [1.807, 2.05) is 20.8 Å². The maximum Gasteiger partial charge on any atom is 0.407 e. The molecule has 1 amide bonds. The van der Waals surface area contributed by atoms with Crippen molar-refractivity contribution in [1.29, 1.82) is 0 Å². The van der Waals surface area contributed by atoms with E-state index in [1.165, 1.54) is 0 Å². The third-order valence-electron chi connectivity index (χ3n) is 1.93. The molecule has 0 aliphatic carbocycles. The van der Waals surface area contributed by atoms with Crippen LogP contribution in [0.1, 0.15) is 41.5 Å². The van der Waals surface area contributed by atoms with Gasteiger partial charge in [0.1, 0.15) is 5.60 Å². The fourth-order valence-corrected chi connectivity index (χ4v) is 1.20. The van der Waals surface area contributed by atoms with E-state index in [2.05, 4.69) is 10.6 Å². The van der Waals surface area contributed by atoms with E-state index in [0.717, 1.165) is 0 Å². The van der Waals surface area contributed by atoms with Crippen molar-refractivity contribution < 1.29 is 18.3 Å². The second kappa shape index (κ2) is 6.50. The smallest absolute Gasteiger partial charge is 0.407 e. The summed E-state index contributed by atoms with van der Waals surface area (Å²) in [7, 11) is 0. The summed E-state index contributed by atoms with van der Waals surface area (Å²) in [5.41, 5.74) is -0.751. The maximum absolute atomic E-state index is 13.5. The molecule has 0 aliphatic heterocycles. The summed E-state index contributed by atoms with van der Waals surface area (Å²) < 4.78 is 31.8. The number of ether oxygens (including phenoxy) is 1. The average molecular weight is 280 g/mol. The van der Waals surface area contributed by atoms with Gasteiger partial charge in [0, 0.05) is 6.54 Å². The minimum Gasteiger partial charge on any atom is -0.444 e. The molecule has 0 fully saturated rings. The lowest BCUT2D eigenvalue weighted by molar-refractivity contribution is -0.00472. The molecule has 114 valence electrons. The molecular formula is C13H26F2N2O2. The highest BCUT2D eigenvalue weighted by atomic mass is 19.3. The topological polar surface area (TPSA) is 50.4 Å². The van der Waals surface area contributed by atoms with Crippen LogP contribution in [-0.4, -0.2) is 37.3 Å². The van der Waals surface area contributed by atoms with Gasteiger partial charge in [0.2, 0.25) is 0 Å². The van der Waals surface area contributed by atoms with Crippen molar-refractivity contribution in [3.8, 4) is 0 Å². The quantitative estimate of drug-likeness (QED) is 0.814. The van der Waals surface area contributed by atoms with Crippen LogP contribution in [0.3, 0.4) is 0 Å². The summed E-state index contributed by atoms with van der Waals surface area (Å²) in [6, 6.07) is 0. The number of rotatable bonds is 5. The highest BCUT2D eigenvalue weighted by molar-refractivity contribution is 5.67. The van der Waals surface area contributed by atoms with Crippen molar-refractivity contribution >= 4 is 6.09 Å². The molecule has 0 aromatic rings. The summed E-state index contributed by atoms with van der Waals surface area (Å²) >= 11 is 0. The van der Waals surface area contributed by atoms with Crippen molar-refractivity contribution in [1.82, 2.24) is 10.6 Å². The van der Waals surface area contributed by atoms with Crippen LogP contribution < -0.4 is 10.6 Å². The number of carbonyl (C=O) groups is 1. The Hall–Kier alpha value is -0.910. The van der Waals surface area contributed by atoms with Crippen molar-refractivity contribution in [3.63, 3.8) is 0 Å². The standard InChI is InChI=1S/C13H26F2N2O2/c1-11(2,3)7-16-8-13(14,15)9-17-10(18)19-12(4,5)6/h16H,7-9H2,1-6H3,(H,17,18). The van der Waals surface area contributed by atoms with Gasteiger partial charge in [0.25, 0.3) is 5.92 Å². The van der Waals surface area contributed by atoms with Crippen LogP contribution in [0.25, 0.3) is 0 Å². The summed E-state index contributed by atoms with van der Waals surface area (Å²) in [6.07, 6.45) is -0.831. The van der Waals surface area contributed by atoms with Gasteiger partial charge < -0.3 is 15.4 Å².